The van der Waals surface area contributed by atoms with Gasteiger partial charge >= 0.3 is 0 Å². The largest absolute Gasteiger partial charge is 0.491 e. The number of ether oxygens (including phenoxy) is 2. The average Bonchev–Trinajstić information content (AvgIpc) is 2.38. The van der Waals surface area contributed by atoms with Crippen LogP contribution in [0.3, 0.4) is 0 Å². The van der Waals surface area contributed by atoms with Gasteiger partial charge in [0.15, 0.2) is 0 Å². The molecule has 2 N–H and O–H groups in total. The van der Waals surface area contributed by atoms with Crippen LogP contribution in [-0.4, -0.2) is 37.6 Å². The molecule has 0 amide bonds. The van der Waals surface area contributed by atoms with Crippen LogP contribution < -0.4 is 10.1 Å². The molecule has 0 atom stereocenters. The maximum Gasteiger partial charge on any atom is 0.124 e. The Bertz CT molecular complexity index is 372. The van der Waals surface area contributed by atoms with Crippen molar-refractivity contribution < 1.29 is 19.0 Å². The molecule has 0 aliphatic rings. The van der Waals surface area contributed by atoms with Gasteiger partial charge in [-0.15, -0.1) is 0 Å². The molecular weight excluding hydrogens is 249 g/mol. The summed E-state index contributed by atoms with van der Waals surface area (Å²) in [6.45, 7) is 5.69. The molecule has 1 rings (SSSR count). The molecule has 0 radical (unpaired) electrons. The number of hydrogen-bond acceptors (Lipinski definition) is 4. The van der Waals surface area contributed by atoms with E-state index in [1.807, 2.05) is 13.8 Å². The Labute approximate surface area is 113 Å². The van der Waals surface area contributed by atoms with E-state index in [0.717, 1.165) is 5.56 Å². The molecule has 108 valence electrons. The van der Waals surface area contributed by atoms with Gasteiger partial charge in [0.1, 0.15) is 18.2 Å². The predicted octanol–water partition coefficient (Wildman–Crippen LogP) is 1.71. The highest BCUT2D eigenvalue weighted by atomic mass is 19.1. The van der Waals surface area contributed by atoms with Gasteiger partial charge < -0.3 is 19.9 Å². The summed E-state index contributed by atoms with van der Waals surface area (Å²) >= 11 is 0. The smallest absolute Gasteiger partial charge is 0.124 e. The Morgan fingerprint density at radius 3 is 2.74 bits per heavy atom. The molecular formula is C14H22FNO3. The van der Waals surface area contributed by atoms with Crippen LogP contribution in [0.15, 0.2) is 18.2 Å². The van der Waals surface area contributed by atoms with Crippen LogP contribution >= 0.6 is 0 Å². The normalized spacial score (nSPS) is 11.0. The van der Waals surface area contributed by atoms with Crippen molar-refractivity contribution in [1.29, 1.82) is 0 Å². The third-order valence-electron chi connectivity index (χ3n) is 2.44. The topological polar surface area (TPSA) is 50.7 Å². The third-order valence-corrected chi connectivity index (χ3v) is 2.44. The quantitative estimate of drug-likeness (QED) is 0.671. The van der Waals surface area contributed by atoms with E-state index in [0.29, 0.717) is 38.2 Å². The molecule has 0 bridgehead atoms. The van der Waals surface area contributed by atoms with Crippen molar-refractivity contribution in [3.63, 3.8) is 0 Å². The molecule has 0 spiro atoms. The van der Waals surface area contributed by atoms with Crippen molar-refractivity contribution >= 4 is 0 Å². The Morgan fingerprint density at radius 1 is 1.26 bits per heavy atom. The van der Waals surface area contributed by atoms with Gasteiger partial charge in [-0.05, 0) is 18.2 Å². The average molecular weight is 271 g/mol. The van der Waals surface area contributed by atoms with Crippen molar-refractivity contribution in [3.05, 3.63) is 29.6 Å². The highest BCUT2D eigenvalue weighted by molar-refractivity contribution is 5.33. The first kappa shape index (κ1) is 15.9. The monoisotopic (exact) mass is 271 g/mol. The van der Waals surface area contributed by atoms with Gasteiger partial charge in [0.2, 0.25) is 0 Å². The SMILES string of the molecule is CC(C)NCc1cc(F)ccc1OCCOCCO. The zero-order valence-electron chi connectivity index (χ0n) is 11.5. The second kappa shape index (κ2) is 8.85. The molecule has 5 heteroatoms. The molecule has 0 aromatic heterocycles. The first-order valence-corrected chi connectivity index (χ1v) is 6.46. The minimum absolute atomic E-state index is 0.000106. The zero-order valence-corrected chi connectivity index (χ0v) is 11.5. The number of aliphatic hydroxyl groups excluding tert-OH is 1. The van der Waals surface area contributed by atoms with Gasteiger partial charge in [-0.3, -0.25) is 0 Å². The summed E-state index contributed by atoms with van der Waals surface area (Å²) in [5.41, 5.74) is 0.788. The minimum atomic E-state index is -0.274. The molecule has 0 fully saturated rings. The number of hydrogen-bond donors (Lipinski definition) is 2. The van der Waals surface area contributed by atoms with Crippen molar-refractivity contribution in [2.45, 2.75) is 26.4 Å². The highest BCUT2D eigenvalue weighted by Crippen LogP contribution is 2.19. The van der Waals surface area contributed by atoms with Crippen LogP contribution in [0, 0.1) is 5.82 Å². The summed E-state index contributed by atoms with van der Waals surface area (Å²) in [5, 5.41) is 11.8. The summed E-state index contributed by atoms with van der Waals surface area (Å²) < 4.78 is 23.9. The lowest BCUT2D eigenvalue weighted by Crippen LogP contribution is -2.22. The Morgan fingerprint density at radius 2 is 2.05 bits per heavy atom. The summed E-state index contributed by atoms with van der Waals surface area (Å²) in [7, 11) is 0. The predicted molar refractivity (Wildman–Crippen MR) is 71.8 cm³/mol. The van der Waals surface area contributed by atoms with Gasteiger partial charge in [-0.2, -0.15) is 0 Å². The van der Waals surface area contributed by atoms with Crippen molar-refractivity contribution in [2.24, 2.45) is 0 Å². The first-order chi connectivity index (χ1) is 9.13. The van der Waals surface area contributed by atoms with Crippen LogP contribution in [0.5, 0.6) is 5.75 Å². The second-order valence-corrected chi connectivity index (χ2v) is 4.47. The third kappa shape index (κ3) is 6.52. The number of benzene rings is 1. The van der Waals surface area contributed by atoms with E-state index in [9.17, 15) is 4.39 Å². The molecule has 1 aromatic carbocycles. The lowest BCUT2D eigenvalue weighted by Gasteiger charge is -2.14. The van der Waals surface area contributed by atoms with E-state index in [4.69, 9.17) is 14.6 Å². The number of rotatable bonds is 9. The standard InChI is InChI=1S/C14H22FNO3/c1-11(2)16-10-12-9-13(15)3-4-14(12)19-8-7-18-6-5-17/h3-4,9,11,16-17H,5-8,10H2,1-2H3. The Hall–Kier alpha value is -1.17. The molecule has 19 heavy (non-hydrogen) atoms. The summed E-state index contributed by atoms with van der Waals surface area (Å²) in [6, 6.07) is 4.80. The van der Waals surface area contributed by atoms with Gasteiger partial charge in [0, 0.05) is 18.2 Å². The van der Waals surface area contributed by atoms with Crippen LogP contribution in [0.25, 0.3) is 0 Å². The Balaban J connectivity index is 2.50. The van der Waals surface area contributed by atoms with Gasteiger partial charge in [0.05, 0.1) is 19.8 Å². The molecule has 0 unspecified atom stereocenters. The number of aliphatic hydroxyl groups is 1. The lowest BCUT2D eigenvalue weighted by molar-refractivity contribution is 0.0702. The van der Waals surface area contributed by atoms with Crippen LogP contribution in [-0.2, 0) is 11.3 Å². The molecule has 0 aliphatic heterocycles. The molecule has 0 saturated carbocycles. The van der Waals surface area contributed by atoms with Crippen LogP contribution in [0.4, 0.5) is 4.39 Å². The molecule has 0 heterocycles. The molecule has 4 nitrogen and oxygen atoms in total. The summed E-state index contributed by atoms with van der Waals surface area (Å²) in [5.74, 6) is 0.381. The van der Waals surface area contributed by atoms with Gasteiger partial charge in [0.25, 0.3) is 0 Å². The van der Waals surface area contributed by atoms with E-state index in [2.05, 4.69) is 5.32 Å². The fourth-order valence-electron chi connectivity index (χ4n) is 1.52. The van der Waals surface area contributed by atoms with Crippen LogP contribution in [0.2, 0.25) is 0 Å². The molecule has 1 aromatic rings. The van der Waals surface area contributed by atoms with E-state index in [1.54, 1.807) is 6.07 Å². The van der Waals surface area contributed by atoms with E-state index in [-0.39, 0.29) is 12.4 Å². The first-order valence-electron chi connectivity index (χ1n) is 6.46. The fraction of sp³-hybridized carbons (Fsp3) is 0.571. The van der Waals surface area contributed by atoms with Gasteiger partial charge in [-0.1, -0.05) is 13.8 Å². The molecule has 0 aliphatic carbocycles. The zero-order chi connectivity index (χ0) is 14.1. The van der Waals surface area contributed by atoms with Crippen molar-refractivity contribution in [2.75, 3.05) is 26.4 Å². The van der Waals surface area contributed by atoms with E-state index in [1.165, 1.54) is 12.1 Å². The maximum absolute atomic E-state index is 13.2. The summed E-state index contributed by atoms with van der Waals surface area (Å²) in [4.78, 5) is 0. The van der Waals surface area contributed by atoms with E-state index < -0.39 is 0 Å². The molecule has 0 saturated heterocycles. The fourth-order valence-corrected chi connectivity index (χ4v) is 1.52. The van der Waals surface area contributed by atoms with Crippen LogP contribution in [0.1, 0.15) is 19.4 Å². The number of halogens is 1. The van der Waals surface area contributed by atoms with Crippen molar-refractivity contribution in [1.82, 2.24) is 5.32 Å². The number of nitrogens with one attached hydrogen (secondary N) is 1. The summed E-state index contributed by atoms with van der Waals surface area (Å²) in [6.07, 6.45) is 0. The second-order valence-electron chi connectivity index (χ2n) is 4.47. The maximum atomic E-state index is 13.2. The van der Waals surface area contributed by atoms with Crippen molar-refractivity contribution in [3.8, 4) is 5.75 Å². The highest BCUT2D eigenvalue weighted by Gasteiger charge is 2.06. The Kier molecular flexibility index (Phi) is 7.40. The van der Waals surface area contributed by atoms with Gasteiger partial charge in [-0.25, -0.2) is 4.39 Å². The van der Waals surface area contributed by atoms with E-state index >= 15 is 0 Å². The minimum Gasteiger partial charge on any atom is -0.491 e. The lowest BCUT2D eigenvalue weighted by atomic mass is 10.2.